The molecule has 0 saturated carbocycles. The molecule has 2 aliphatic rings. The van der Waals surface area contributed by atoms with E-state index in [0.29, 0.717) is 21.4 Å². The van der Waals surface area contributed by atoms with Gasteiger partial charge in [-0.25, -0.2) is 9.69 Å². The fraction of sp³-hybridized carbons (Fsp3) is 0.308. The van der Waals surface area contributed by atoms with E-state index >= 15 is 0 Å². The molecule has 3 aromatic rings. The number of hydrogen-bond acceptors (Lipinski definition) is 3. The number of halogens is 3. The van der Waals surface area contributed by atoms with E-state index in [9.17, 15) is 4.79 Å². The number of fused-ring (bicyclic) bond motifs is 1. The fourth-order valence-electron chi connectivity index (χ4n) is 4.70. The molecule has 1 fully saturated rings. The van der Waals surface area contributed by atoms with Gasteiger partial charge in [-0.3, -0.25) is 10.2 Å². The molecule has 0 atom stereocenters. The second-order valence-corrected chi connectivity index (χ2v) is 10.5. The van der Waals surface area contributed by atoms with Crippen LogP contribution in [0.4, 0.5) is 0 Å². The largest absolute Gasteiger partial charge is 0.286 e. The molecule has 1 N–H and O–H groups in total. The van der Waals surface area contributed by atoms with Crippen LogP contribution < -0.4 is 5.43 Å². The third kappa shape index (κ3) is 4.96. The molecule has 0 spiro atoms. The molecule has 0 bridgehead atoms. The van der Waals surface area contributed by atoms with Crippen molar-refractivity contribution < 1.29 is 4.79 Å². The number of nitrogens with zero attached hydrogens (tertiary/aromatic N) is 3. The Hall–Kier alpha value is -2.12. The lowest BCUT2D eigenvalue weighted by molar-refractivity contribution is 0.0743. The van der Waals surface area contributed by atoms with Crippen LogP contribution in [0.3, 0.4) is 0 Å². The maximum Gasteiger partial charge on any atom is 0.286 e. The van der Waals surface area contributed by atoms with Crippen LogP contribution in [-0.2, 0) is 6.42 Å². The third-order valence-electron chi connectivity index (χ3n) is 6.34. The molecule has 1 aromatic heterocycles. The molecule has 0 unspecified atom stereocenters. The Balaban J connectivity index is 1.61. The first-order valence-electron chi connectivity index (χ1n) is 11.6. The molecule has 5 nitrogen and oxygen atoms in total. The minimum absolute atomic E-state index is 0.160. The van der Waals surface area contributed by atoms with Gasteiger partial charge in [0.2, 0.25) is 0 Å². The van der Waals surface area contributed by atoms with Crippen molar-refractivity contribution in [2.75, 3.05) is 13.1 Å². The molecule has 1 saturated heterocycles. The van der Waals surface area contributed by atoms with Crippen LogP contribution in [0.5, 0.6) is 0 Å². The first kappa shape index (κ1) is 23.6. The van der Waals surface area contributed by atoms with Crippen LogP contribution in [0.15, 0.2) is 46.9 Å². The van der Waals surface area contributed by atoms with Gasteiger partial charge in [0, 0.05) is 28.1 Å². The van der Waals surface area contributed by atoms with Gasteiger partial charge in [0.1, 0.15) is 0 Å². The molecule has 2 heterocycles. The summed E-state index contributed by atoms with van der Waals surface area (Å²) in [6, 6.07) is 13.6. The second-order valence-electron chi connectivity index (χ2n) is 8.75. The number of aromatic nitrogens is 2. The summed E-state index contributed by atoms with van der Waals surface area (Å²) in [5.41, 5.74) is 8.41. The minimum Gasteiger partial charge on any atom is -0.283 e. The smallest absolute Gasteiger partial charge is 0.283 e. The number of allylic oxidation sites excluding steroid dienone is 1. The van der Waals surface area contributed by atoms with Gasteiger partial charge in [0.25, 0.3) is 5.91 Å². The highest BCUT2D eigenvalue weighted by atomic mass is 79.9. The Labute approximate surface area is 217 Å². The monoisotopic (exact) mass is 558 g/mol. The Kier molecular flexibility index (Phi) is 7.11. The Morgan fingerprint density at radius 2 is 1.76 bits per heavy atom. The number of benzene rings is 2. The van der Waals surface area contributed by atoms with Crippen molar-refractivity contribution in [1.82, 2.24) is 20.2 Å². The van der Waals surface area contributed by atoms with Crippen molar-refractivity contribution in [2.45, 2.75) is 38.5 Å². The van der Waals surface area contributed by atoms with E-state index in [0.717, 1.165) is 72.1 Å². The standard InChI is InChI=1S/C26H25BrCl2N4O/c27-19-9-7-17(8-10-19)15-18-5-4-6-21-24(26(34)31-32-13-2-1-3-14-32)30-33(25(18)21)23-12-11-20(28)16-22(23)29/h7-12,15-16H,1-6,13-14H2,(H,31,34)/b18-15+. The number of rotatable bonds is 4. The number of hydrazine groups is 1. The predicted octanol–water partition coefficient (Wildman–Crippen LogP) is 6.95. The summed E-state index contributed by atoms with van der Waals surface area (Å²) < 4.78 is 2.86. The molecule has 5 rings (SSSR count). The van der Waals surface area contributed by atoms with Gasteiger partial charge in [-0.2, -0.15) is 5.10 Å². The highest BCUT2D eigenvalue weighted by molar-refractivity contribution is 9.10. The van der Waals surface area contributed by atoms with Crippen LogP contribution in [0.2, 0.25) is 10.0 Å². The van der Waals surface area contributed by atoms with E-state index < -0.39 is 0 Å². The highest BCUT2D eigenvalue weighted by Crippen LogP contribution is 2.37. The first-order valence-corrected chi connectivity index (χ1v) is 13.1. The minimum atomic E-state index is -0.160. The number of carbonyl (C=O) groups is 1. The Bertz CT molecular complexity index is 1250. The number of carbonyl (C=O) groups excluding carboxylic acids is 1. The zero-order chi connectivity index (χ0) is 23.7. The van der Waals surface area contributed by atoms with Crippen LogP contribution in [0.1, 0.15) is 59.4 Å². The molecule has 2 aromatic carbocycles. The van der Waals surface area contributed by atoms with Gasteiger partial charge in [0.05, 0.1) is 16.4 Å². The first-order chi connectivity index (χ1) is 16.5. The summed E-state index contributed by atoms with van der Waals surface area (Å²) in [7, 11) is 0. The lowest BCUT2D eigenvalue weighted by Crippen LogP contribution is -2.45. The molecule has 8 heteroatoms. The van der Waals surface area contributed by atoms with Gasteiger partial charge in [-0.05, 0) is 79.6 Å². The predicted molar refractivity (Wildman–Crippen MR) is 141 cm³/mol. The van der Waals surface area contributed by atoms with Crippen LogP contribution >= 0.6 is 39.1 Å². The molecule has 176 valence electrons. The van der Waals surface area contributed by atoms with E-state index in [-0.39, 0.29) is 5.91 Å². The molecule has 1 aliphatic heterocycles. The van der Waals surface area contributed by atoms with Crippen molar-refractivity contribution >= 4 is 56.7 Å². The maximum atomic E-state index is 13.4. The zero-order valence-electron chi connectivity index (χ0n) is 18.7. The second kappa shape index (κ2) is 10.2. The topological polar surface area (TPSA) is 50.2 Å². The maximum absolute atomic E-state index is 13.4. The van der Waals surface area contributed by atoms with Crippen molar-refractivity contribution in [3.8, 4) is 5.69 Å². The van der Waals surface area contributed by atoms with E-state index in [1.165, 1.54) is 6.42 Å². The lowest BCUT2D eigenvalue weighted by atomic mass is 9.89. The number of amides is 1. The molecule has 0 radical (unpaired) electrons. The van der Waals surface area contributed by atoms with Crippen molar-refractivity contribution in [3.05, 3.63) is 79.5 Å². The van der Waals surface area contributed by atoms with E-state index in [2.05, 4.69) is 39.6 Å². The van der Waals surface area contributed by atoms with Crippen LogP contribution in [0, 0.1) is 0 Å². The van der Waals surface area contributed by atoms with Crippen LogP contribution in [0.25, 0.3) is 17.3 Å². The molecule has 1 aliphatic carbocycles. The summed E-state index contributed by atoms with van der Waals surface area (Å²) in [5.74, 6) is -0.160. The molecule has 1 amide bonds. The summed E-state index contributed by atoms with van der Waals surface area (Å²) in [5, 5.41) is 7.89. The van der Waals surface area contributed by atoms with Gasteiger partial charge < -0.3 is 0 Å². The normalized spacial score (nSPS) is 17.6. The fourth-order valence-corrected chi connectivity index (χ4v) is 5.46. The average Bonchev–Trinajstić information content (AvgIpc) is 3.22. The number of nitrogens with one attached hydrogen (secondary N) is 1. The quantitative estimate of drug-likeness (QED) is 0.376. The Morgan fingerprint density at radius 1 is 1.00 bits per heavy atom. The molecule has 34 heavy (non-hydrogen) atoms. The van der Waals surface area contributed by atoms with Crippen molar-refractivity contribution in [3.63, 3.8) is 0 Å². The number of hydrogen-bond donors (Lipinski definition) is 1. The van der Waals surface area contributed by atoms with E-state index in [4.69, 9.17) is 28.3 Å². The summed E-state index contributed by atoms with van der Waals surface area (Å²) in [4.78, 5) is 13.4. The van der Waals surface area contributed by atoms with Crippen molar-refractivity contribution in [1.29, 1.82) is 0 Å². The van der Waals surface area contributed by atoms with Crippen LogP contribution in [-0.4, -0.2) is 33.8 Å². The highest BCUT2D eigenvalue weighted by Gasteiger charge is 2.30. The van der Waals surface area contributed by atoms with E-state index in [1.807, 2.05) is 27.9 Å². The SMILES string of the molecule is O=C(NN1CCCCC1)c1nn(-c2ccc(Cl)cc2Cl)c2c1CCC/C2=C\c1ccc(Br)cc1. The molecular formula is C26H25BrCl2N4O. The van der Waals surface area contributed by atoms with Crippen molar-refractivity contribution in [2.24, 2.45) is 0 Å². The third-order valence-corrected chi connectivity index (χ3v) is 7.41. The summed E-state index contributed by atoms with van der Waals surface area (Å²) >= 11 is 16.3. The van der Waals surface area contributed by atoms with Gasteiger partial charge in [-0.1, -0.05) is 57.7 Å². The van der Waals surface area contributed by atoms with Gasteiger partial charge >= 0.3 is 0 Å². The van der Waals surface area contributed by atoms with Gasteiger partial charge in [-0.15, -0.1) is 0 Å². The van der Waals surface area contributed by atoms with E-state index in [1.54, 1.807) is 12.1 Å². The average molecular weight is 560 g/mol. The summed E-state index contributed by atoms with van der Waals surface area (Å²) in [6.07, 6.45) is 8.21. The zero-order valence-corrected chi connectivity index (χ0v) is 21.8. The lowest BCUT2D eigenvalue weighted by Gasteiger charge is -2.26. The van der Waals surface area contributed by atoms with Gasteiger partial charge in [0.15, 0.2) is 5.69 Å². The molecular weight excluding hydrogens is 535 g/mol. The summed E-state index contributed by atoms with van der Waals surface area (Å²) in [6.45, 7) is 1.73. The Morgan fingerprint density at radius 3 is 2.50 bits per heavy atom. The number of piperidine rings is 1.